The summed E-state index contributed by atoms with van der Waals surface area (Å²) in [6, 6.07) is 5.50. The van der Waals surface area contributed by atoms with Gasteiger partial charge in [0.1, 0.15) is 0 Å². The van der Waals surface area contributed by atoms with Crippen molar-refractivity contribution in [3.63, 3.8) is 0 Å². The van der Waals surface area contributed by atoms with E-state index < -0.39 is 0 Å². The zero-order valence-corrected chi connectivity index (χ0v) is 13.2. The third kappa shape index (κ3) is 3.16. The molecular formula is C16H20N4O2. The molecule has 0 unspecified atom stereocenters. The Morgan fingerprint density at radius 3 is 2.50 bits per heavy atom. The van der Waals surface area contributed by atoms with Crippen LogP contribution in [0.25, 0.3) is 0 Å². The Balaban J connectivity index is 2.29. The van der Waals surface area contributed by atoms with E-state index in [1.54, 1.807) is 16.9 Å². The Kier molecular flexibility index (Phi) is 4.60. The number of carbonyl (C=O) groups excluding carboxylic acids is 2. The van der Waals surface area contributed by atoms with E-state index in [-0.39, 0.29) is 17.5 Å². The van der Waals surface area contributed by atoms with E-state index in [1.165, 1.54) is 7.05 Å². The van der Waals surface area contributed by atoms with Crippen LogP contribution in [0.5, 0.6) is 0 Å². The largest absolute Gasteiger partial charge is 0.354 e. The number of aryl methyl sites for hydroxylation is 3. The Bertz CT molecular complexity index is 719. The third-order valence-electron chi connectivity index (χ3n) is 3.55. The molecule has 0 aliphatic rings. The molecule has 1 aromatic carbocycles. The van der Waals surface area contributed by atoms with Gasteiger partial charge in [0, 0.05) is 25.4 Å². The van der Waals surface area contributed by atoms with Crippen molar-refractivity contribution in [2.24, 2.45) is 0 Å². The zero-order valence-electron chi connectivity index (χ0n) is 13.2. The van der Waals surface area contributed by atoms with Crippen LogP contribution in [-0.2, 0) is 6.54 Å². The lowest BCUT2D eigenvalue weighted by Gasteiger charge is -2.07. The molecule has 0 radical (unpaired) electrons. The van der Waals surface area contributed by atoms with Gasteiger partial charge in [-0.3, -0.25) is 14.3 Å². The highest BCUT2D eigenvalue weighted by Gasteiger charge is 2.18. The van der Waals surface area contributed by atoms with Crippen LogP contribution < -0.4 is 10.6 Å². The average molecular weight is 300 g/mol. The summed E-state index contributed by atoms with van der Waals surface area (Å²) < 4.78 is 1.61. The summed E-state index contributed by atoms with van der Waals surface area (Å²) in [6.45, 7) is 6.47. The van der Waals surface area contributed by atoms with Gasteiger partial charge in [-0.05, 0) is 44.0 Å². The minimum atomic E-state index is -0.331. The maximum Gasteiger partial charge on any atom is 0.273 e. The first-order chi connectivity index (χ1) is 10.5. The summed E-state index contributed by atoms with van der Waals surface area (Å²) in [7, 11) is 1.53. The monoisotopic (exact) mass is 300 g/mol. The molecule has 0 saturated heterocycles. The van der Waals surface area contributed by atoms with E-state index in [0.717, 1.165) is 11.1 Å². The van der Waals surface area contributed by atoms with E-state index >= 15 is 0 Å². The van der Waals surface area contributed by atoms with Crippen molar-refractivity contribution in [3.05, 3.63) is 46.8 Å². The van der Waals surface area contributed by atoms with Gasteiger partial charge in [0.25, 0.3) is 11.8 Å². The average Bonchev–Trinajstić information content (AvgIpc) is 2.92. The molecule has 2 N–H and O–H groups in total. The predicted molar refractivity (Wildman–Crippen MR) is 85.2 cm³/mol. The quantitative estimate of drug-likeness (QED) is 0.908. The summed E-state index contributed by atoms with van der Waals surface area (Å²) >= 11 is 0. The molecule has 2 aromatic rings. The van der Waals surface area contributed by atoms with E-state index in [2.05, 4.69) is 15.7 Å². The van der Waals surface area contributed by atoms with Crippen LogP contribution in [0.15, 0.2) is 24.4 Å². The number of carbonyl (C=O) groups is 2. The van der Waals surface area contributed by atoms with Crippen LogP contribution in [0.3, 0.4) is 0 Å². The van der Waals surface area contributed by atoms with E-state index in [9.17, 15) is 9.59 Å². The highest BCUT2D eigenvalue weighted by molar-refractivity contribution is 6.08. The van der Waals surface area contributed by atoms with Crippen LogP contribution in [0.1, 0.15) is 38.9 Å². The smallest absolute Gasteiger partial charge is 0.273 e. The molecule has 0 spiro atoms. The van der Waals surface area contributed by atoms with Crippen molar-refractivity contribution < 1.29 is 9.59 Å². The third-order valence-corrected chi connectivity index (χ3v) is 3.55. The highest BCUT2D eigenvalue weighted by atomic mass is 16.2. The lowest BCUT2D eigenvalue weighted by molar-refractivity contribution is 0.0958. The normalized spacial score (nSPS) is 10.4. The Hall–Kier alpha value is -2.63. The van der Waals surface area contributed by atoms with Gasteiger partial charge in [-0.2, -0.15) is 5.10 Å². The second-order valence-electron chi connectivity index (χ2n) is 5.08. The van der Waals surface area contributed by atoms with Crippen molar-refractivity contribution in [2.75, 3.05) is 12.4 Å². The number of amides is 2. The molecule has 2 amide bonds. The molecule has 1 aromatic heterocycles. The van der Waals surface area contributed by atoms with Crippen molar-refractivity contribution in [1.82, 2.24) is 15.1 Å². The number of anilines is 1. The van der Waals surface area contributed by atoms with Gasteiger partial charge in [0.15, 0.2) is 5.69 Å². The Morgan fingerprint density at radius 1 is 1.18 bits per heavy atom. The number of hydrogen-bond acceptors (Lipinski definition) is 3. The zero-order chi connectivity index (χ0) is 16.3. The van der Waals surface area contributed by atoms with Gasteiger partial charge in [0.2, 0.25) is 0 Å². The second kappa shape index (κ2) is 6.43. The number of nitrogens with zero attached hydrogens (tertiary/aromatic N) is 2. The van der Waals surface area contributed by atoms with Crippen LogP contribution in [0.2, 0.25) is 0 Å². The second-order valence-corrected chi connectivity index (χ2v) is 5.08. The summed E-state index contributed by atoms with van der Waals surface area (Å²) in [4.78, 5) is 24.2. The molecule has 6 heteroatoms. The number of aromatic nitrogens is 2. The summed E-state index contributed by atoms with van der Waals surface area (Å²) in [5, 5.41) is 9.45. The molecule has 0 atom stereocenters. The van der Waals surface area contributed by atoms with Crippen molar-refractivity contribution >= 4 is 17.5 Å². The standard InChI is InChI=1S/C16H20N4O2/c1-5-20-9-13(14(19-20)16(22)17-4)18-15(21)12-7-6-10(2)11(3)8-12/h6-9H,5H2,1-4H3,(H,17,22)(H,18,21). The molecule has 0 fully saturated rings. The number of rotatable bonds is 4. The van der Waals surface area contributed by atoms with Gasteiger partial charge < -0.3 is 10.6 Å². The fourth-order valence-electron chi connectivity index (χ4n) is 2.04. The fourth-order valence-corrected chi connectivity index (χ4v) is 2.04. The molecular weight excluding hydrogens is 280 g/mol. The summed E-state index contributed by atoms with van der Waals surface area (Å²) in [6.07, 6.45) is 1.66. The Labute approximate surface area is 129 Å². The molecule has 0 aliphatic carbocycles. The molecule has 0 aliphatic heterocycles. The molecule has 2 rings (SSSR count). The molecule has 6 nitrogen and oxygen atoms in total. The maximum absolute atomic E-state index is 12.4. The summed E-state index contributed by atoms with van der Waals surface area (Å²) in [5.41, 5.74) is 3.34. The number of benzene rings is 1. The number of hydrogen-bond donors (Lipinski definition) is 2. The van der Waals surface area contributed by atoms with Gasteiger partial charge >= 0.3 is 0 Å². The van der Waals surface area contributed by atoms with Crippen molar-refractivity contribution in [1.29, 1.82) is 0 Å². The maximum atomic E-state index is 12.4. The minimum absolute atomic E-state index is 0.210. The van der Waals surface area contributed by atoms with E-state index in [0.29, 0.717) is 17.8 Å². The molecule has 1 heterocycles. The first-order valence-corrected chi connectivity index (χ1v) is 7.14. The lowest BCUT2D eigenvalue weighted by atomic mass is 10.1. The number of nitrogens with one attached hydrogen (secondary N) is 2. The van der Waals surface area contributed by atoms with Gasteiger partial charge in [-0.25, -0.2) is 0 Å². The predicted octanol–water partition coefficient (Wildman–Crippen LogP) is 2.13. The van der Waals surface area contributed by atoms with Crippen LogP contribution in [0.4, 0.5) is 5.69 Å². The van der Waals surface area contributed by atoms with Crippen LogP contribution in [-0.4, -0.2) is 28.6 Å². The van der Waals surface area contributed by atoms with Crippen LogP contribution >= 0.6 is 0 Å². The fraction of sp³-hybridized carbons (Fsp3) is 0.312. The molecule has 0 bridgehead atoms. The lowest BCUT2D eigenvalue weighted by Crippen LogP contribution is -2.21. The van der Waals surface area contributed by atoms with Gasteiger partial charge in [0.05, 0.1) is 5.69 Å². The topological polar surface area (TPSA) is 76.0 Å². The van der Waals surface area contributed by atoms with Crippen LogP contribution in [0, 0.1) is 13.8 Å². The highest BCUT2D eigenvalue weighted by Crippen LogP contribution is 2.16. The first kappa shape index (κ1) is 15.8. The molecule has 116 valence electrons. The SMILES string of the molecule is CCn1cc(NC(=O)c2ccc(C)c(C)c2)c(C(=O)NC)n1. The van der Waals surface area contributed by atoms with Crippen molar-refractivity contribution in [3.8, 4) is 0 Å². The first-order valence-electron chi connectivity index (χ1n) is 7.14. The molecule has 22 heavy (non-hydrogen) atoms. The van der Waals surface area contributed by atoms with Crippen molar-refractivity contribution in [2.45, 2.75) is 27.3 Å². The van der Waals surface area contributed by atoms with Gasteiger partial charge in [-0.15, -0.1) is 0 Å². The minimum Gasteiger partial charge on any atom is -0.354 e. The van der Waals surface area contributed by atoms with E-state index in [1.807, 2.05) is 32.9 Å². The Morgan fingerprint density at radius 2 is 1.91 bits per heavy atom. The summed E-state index contributed by atoms with van der Waals surface area (Å²) in [5.74, 6) is -0.591. The van der Waals surface area contributed by atoms with Gasteiger partial charge in [-0.1, -0.05) is 6.07 Å². The molecule has 0 saturated carbocycles. The van der Waals surface area contributed by atoms with E-state index in [4.69, 9.17) is 0 Å².